The first-order valence-electron chi connectivity index (χ1n) is 10.3. The Morgan fingerprint density at radius 2 is 0.867 bits per heavy atom. The molecule has 5 aromatic carbocycles. The van der Waals surface area contributed by atoms with Crippen LogP contribution in [-0.4, -0.2) is 0 Å². The van der Waals surface area contributed by atoms with Gasteiger partial charge < -0.3 is 0 Å². The maximum atomic E-state index is 2.41. The summed E-state index contributed by atoms with van der Waals surface area (Å²) in [7, 11) is 0. The van der Waals surface area contributed by atoms with E-state index in [0.717, 1.165) is 0 Å². The molecule has 7 rings (SSSR count). The molecule has 2 heteroatoms. The third-order valence-corrected chi connectivity index (χ3v) is 8.74. The smallest absolute Gasteiger partial charge is 0.0434 e. The van der Waals surface area contributed by atoms with Crippen LogP contribution in [0.2, 0.25) is 0 Å². The summed E-state index contributed by atoms with van der Waals surface area (Å²) < 4.78 is 5.57. The van der Waals surface area contributed by atoms with E-state index in [1.165, 1.54) is 73.0 Å². The quantitative estimate of drug-likeness (QED) is 0.215. The Labute approximate surface area is 182 Å². The minimum absolute atomic E-state index is 1.33. The molecule has 142 valence electrons. The lowest BCUT2D eigenvalue weighted by molar-refractivity contribution is 1.52. The van der Waals surface area contributed by atoms with Gasteiger partial charge in [-0.2, -0.15) is 0 Å². The van der Waals surface area contributed by atoms with Crippen molar-refractivity contribution < 1.29 is 0 Å². The van der Waals surface area contributed by atoms with Gasteiger partial charge in [-0.25, -0.2) is 0 Å². The first kappa shape index (κ1) is 16.8. The number of fused-ring (bicyclic) bond motifs is 10. The SMILES string of the molecule is Cc1ccc2c(c1)sc1c3cc4ccc5c6ccc(C)cc6sc5c4cc3ccc21. The van der Waals surface area contributed by atoms with E-state index in [1.54, 1.807) is 0 Å². The molecule has 2 heterocycles. The molecule has 0 saturated carbocycles. The van der Waals surface area contributed by atoms with E-state index in [4.69, 9.17) is 0 Å². The van der Waals surface area contributed by atoms with Crippen molar-refractivity contribution in [3.05, 3.63) is 83.9 Å². The zero-order valence-corrected chi connectivity index (χ0v) is 18.4. The molecule has 2 aromatic heterocycles. The number of aryl methyl sites for hydroxylation is 2. The number of rotatable bonds is 0. The van der Waals surface area contributed by atoms with Gasteiger partial charge in [0.05, 0.1) is 0 Å². The van der Waals surface area contributed by atoms with Gasteiger partial charge in [-0.05, 0) is 60.0 Å². The van der Waals surface area contributed by atoms with E-state index in [2.05, 4.69) is 86.6 Å². The second-order valence-electron chi connectivity index (χ2n) is 8.38. The van der Waals surface area contributed by atoms with Gasteiger partial charge in [0.2, 0.25) is 0 Å². The Hall–Kier alpha value is -2.94. The molecule has 0 nitrogen and oxygen atoms in total. The number of hydrogen-bond acceptors (Lipinski definition) is 2. The molecule has 0 aliphatic carbocycles. The van der Waals surface area contributed by atoms with Gasteiger partial charge >= 0.3 is 0 Å². The highest BCUT2D eigenvalue weighted by atomic mass is 32.1. The van der Waals surface area contributed by atoms with Gasteiger partial charge in [-0.15, -0.1) is 22.7 Å². The van der Waals surface area contributed by atoms with Crippen molar-refractivity contribution >= 4 is 84.6 Å². The molecule has 0 unspecified atom stereocenters. The Balaban J connectivity index is 1.62. The van der Waals surface area contributed by atoms with Crippen LogP contribution >= 0.6 is 22.7 Å². The van der Waals surface area contributed by atoms with E-state index in [-0.39, 0.29) is 0 Å². The van der Waals surface area contributed by atoms with Crippen LogP contribution in [0, 0.1) is 13.8 Å². The van der Waals surface area contributed by atoms with Gasteiger partial charge in [-0.1, -0.05) is 48.5 Å². The highest BCUT2D eigenvalue weighted by Gasteiger charge is 2.13. The normalized spacial score (nSPS) is 12.3. The molecule has 0 fully saturated rings. The molecule has 0 radical (unpaired) electrons. The second-order valence-corrected chi connectivity index (χ2v) is 10.5. The van der Waals surface area contributed by atoms with E-state index in [1.807, 2.05) is 22.7 Å². The summed E-state index contributed by atoms with van der Waals surface area (Å²) >= 11 is 3.85. The fourth-order valence-corrected chi connectivity index (χ4v) is 7.48. The molecule has 0 N–H and O–H groups in total. The third-order valence-electron chi connectivity index (χ3n) is 6.34. The molecule has 0 aliphatic rings. The predicted molar refractivity (Wildman–Crippen MR) is 137 cm³/mol. The topological polar surface area (TPSA) is 0 Å². The lowest BCUT2D eigenvalue weighted by atomic mass is 9.99. The fourth-order valence-electron chi connectivity index (χ4n) is 4.83. The highest BCUT2D eigenvalue weighted by Crippen LogP contribution is 2.43. The predicted octanol–water partition coefficient (Wildman–Crippen LogP) is 9.35. The molecule has 0 aliphatic heterocycles. The Kier molecular flexibility index (Phi) is 3.26. The molecule has 0 atom stereocenters. The minimum atomic E-state index is 1.33. The van der Waals surface area contributed by atoms with E-state index < -0.39 is 0 Å². The van der Waals surface area contributed by atoms with E-state index in [9.17, 15) is 0 Å². The van der Waals surface area contributed by atoms with Crippen LogP contribution in [0.15, 0.2) is 72.8 Å². The highest BCUT2D eigenvalue weighted by molar-refractivity contribution is 7.27. The monoisotopic (exact) mass is 418 g/mol. The maximum absolute atomic E-state index is 2.41. The van der Waals surface area contributed by atoms with E-state index in [0.29, 0.717) is 0 Å². The average Bonchev–Trinajstić information content (AvgIpc) is 3.29. The molecular weight excluding hydrogens is 400 g/mol. The van der Waals surface area contributed by atoms with Crippen LogP contribution in [0.3, 0.4) is 0 Å². The molecule has 0 saturated heterocycles. The van der Waals surface area contributed by atoms with Crippen molar-refractivity contribution in [2.45, 2.75) is 13.8 Å². The van der Waals surface area contributed by atoms with Crippen molar-refractivity contribution in [2.24, 2.45) is 0 Å². The first-order valence-corrected chi connectivity index (χ1v) is 11.9. The van der Waals surface area contributed by atoms with Crippen molar-refractivity contribution in [1.29, 1.82) is 0 Å². The fraction of sp³-hybridized carbons (Fsp3) is 0.0714. The van der Waals surface area contributed by atoms with E-state index >= 15 is 0 Å². The van der Waals surface area contributed by atoms with Crippen LogP contribution in [-0.2, 0) is 0 Å². The number of benzene rings is 5. The summed E-state index contributed by atoms with van der Waals surface area (Å²) in [5, 5.41) is 10.9. The van der Waals surface area contributed by atoms with Gasteiger partial charge in [0, 0.05) is 51.1 Å². The van der Waals surface area contributed by atoms with Crippen LogP contribution < -0.4 is 0 Å². The minimum Gasteiger partial charge on any atom is -0.135 e. The van der Waals surface area contributed by atoms with Gasteiger partial charge in [0.1, 0.15) is 0 Å². The zero-order valence-electron chi connectivity index (χ0n) is 16.7. The van der Waals surface area contributed by atoms with Gasteiger partial charge in [0.15, 0.2) is 0 Å². The molecule has 7 aromatic rings. The lowest BCUT2D eigenvalue weighted by Crippen LogP contribution is -1.78. The largest absolute Gasteiger partial charge is 0.135 e. The number of hydrogen-bond donors (Lipinski definition) is 0. The lowest BCUT2D eigenvalue weighted by Gasteiger charge is -2.05. The van der Waals surface area contributed by atoms with Crippen LogP contribution in [0.4, 0.5) is 0 Å². The first-order chi connectivity index (χ1) is 14.7. The van der Waals surface area contributed by atoms with Crippen LogP contribution in [0.1, 0.15) is 11.1 Å². The summed E-state index contributed by atoms with van der Waals surface area (Å²) in [6.45, 7) is 4.35. The van der Waals surface area contributed by atoms with Crippen molar-refractivity contribution in [1.82, 2.24) is 0 Å². The summed E-state index contributed by atoms with van der Waals surface area (Å²) in [4.78, 5) is 0. The molecule has 0 amide bonds. The molecule has 30 heavy (non-hydrogen) atoms. The van der Waals surface area contributed by atoms with Crippen molar-refractivity contribution in [3.8, 4) is 0 Å². The van der Waals surface area contributed by atoms with Crippen molar-refractivity contribution in [2.75, 3.05) is 0 Å². The standard InChI is InChI=1S/C28H18S2/c1-15-3-7-19-21-9-5-17-14-24-18(13-23(17)27(21)29-25(19)11-15)6-10-22-20-8-4-16(2)12-26(20)30-28(22)24/h3-14H,1-2H3. The molecular formula is C28H18S2. The Bertz CT molecular complexity index is 1680. The van der Waals surface area contributed by atoms with Gasteiger partial charge in [-0.3, -0.25) is 0 Å². The molecule has 0 bridgehead atoms. The summed E-state index contributed by atoms with van der Waals surface area (Å²) in [6.07, 6.45) is 0. The van der Waals surface area contributed by atoms with Crippen LogP contribution in [0.5, 0.6) is 0 Å². The second kappa shape index (κ2) is 5.81. The molecule has 0 spiro atoms. The number of thiophene rings is 2. The summed E-state index contributed by atoms with van der Waals surface area (Å²) in [6, 6.07) is 27.7. The average molecular weight is 419 g/mol. The summed E-state index contributed by atoms with van der Waals surface area (Å²) in [5.74, 6) is 0. The Morgan fingerprint density at radius 3 is 1.33 bits per heavy atom. The van der Waals surface area contributed by atoms with Crippen molar-refractivity contribution in [3.63, 3.8) is 0 Å². The van der Waals surface area contributed by atoms with Gasteiger partial charge in [0.25, 0.3) is 0 Å². The maximum Gasteiger partial charge on any atom is 0.0434 e. The van der Waals surface area contributed by atoms with Crippen LogP contribution in [0.25, 0.3) is 61.9 Å². The Morgan fingerprint density at radius 1 is 0.433 bits per heavy atom. The zero-order chi connectivity index (χ0) is 20.0. The third kappa shape index (κ3) is 2.21. The summed E-state index contributed by atoms with van der Waals surface area (Å²) in [5.41, 5.74) is 2.65.